The number of halogens is 1. The Kier molecular flexibility index (Phi) is 5.40. The molecule has 6 heteroatoms. The summed E-state index contributed by atoms with van der Waals surface area (Å²) in [6, 6.07) is 2.76. The number of carbonyl (C=O) groups excluding carboxylic acids is 1. The minimum absolute atomic E-state index is 0. The van der Waals surface area contributed by atoms with E-state index in [1.54, 1.807) is 0 Å². The van der Waals surface area contributed by atoms with E-state index in [4.69, 9.17) is 17.3 Å². The number of carbonyl (C=O) groups is 1. The summed E-state index contributed by atoms with van der Waals surface area (Å²) in [5.74, 6) is -0.857. The SMILES string of the molecule is [K+].[NH-]C(=O)c1ccc(Cl)nn1. The quantitative estimate of drug-likeness (QED) is 0.503. The van der Waals surface area contributed by atoms with Crippen LogP contribution in [0.1, 0.15) is 10.5 Å². The molecule has 0 fully saturated rings. The number of aromatic nitrogens is 2. The summed E-state index contributed by atoms with van der Waals surface area (Å²) in [6.07, 6.45) is 0. The monoisotopic (exact) mass is 195 g/mol. The van der Waals surface area contributed by atoms with Crippen LogP contribution in [0.15, 0.2) is 12.1 Å². The standard InChI is InChI=1S/C5H4ClN3O.K/c6-4-2-1-3(5(7)10)8-9-4;/h1-2H,(H2,7,10);/q;+1/p-1. The van der Waals surface area contributed by atoms with Crippen LogP contribution in [0, 0.1) is 0 Å². The molecule has 0 unspecified atom stereocenters. The third-order valence-corrected chi connectivity index (χ3v) is 1.07. The fraction of sp³-hybridized carbons (Fsp3) is 0. The predicted molar refractivity (Wildman–Crippen MR) is 35.7 cm³/mol. The first-order valence-corrected chi connectivity index (χ1v) is 2.83. The summed E-state index contributed by atoms with van der Waals surface area (Å²) in [7, 11) is 0. The van der Waals surface area contributed by atoms with E-state index in [2.05, 4.69) is 10.2 Å². The van der Waals surface area contributed by atoms with Crippen molar-refractivity contribution in [3.8, 4) is 0 Å². The zero-order chi connectivity index (χ0) is 7.56. The van der Waals surface area contributed by atoms with Gasteiger partial charge in [-0.3, -0.25) is 0 Å². The predicted octanol–water partition coefficient (Wildman–Crippen LogP) is -1.67. The molecule has 1 amide bonds. The van der Waals surface area contributed by atoms with E-state index in [0.717, 1.165) is 0 Å². The minimum Gasteiger partial charge on any atom is -0.662 e. The van der Waals surface area contributed by atoms with Crippen LogP contribution in [0.25, 0.3) is 5.73 Å². The summed E-state index contributed by atoms with van der Waals surface area (Å²) in [6.45, 7) is 0. The molecule has 1 N–H and O–H groups in total. The summed E-state index contributed by atoms with van der Waals surface area (Å²) in [4.78, 5) is 10.3. The van der Waals surface area contributed by atoms with E-state index < -0.39 is 5.91 Å². The van der Waals surface area contributed by atoms with Crippen LogP contribution in [-0.2, 0) is 0 Å². The zero-order valence-corrected chi connectivity index (χ0v) is 9.71. The number of nitrogens with zero attached hydrogens (tertiary/aromatic N) is 2. The first kappa shape index (κ1) is 11.5. The molecule has 0 aromatic carbocycles. The molecule has 0 radical (unpaired) electrons. The molecule has 52 valence electrons. The van der Waals surface area contributed by atoms with Gasteiger partial charge in [-0.15, -0.1) is 10.2 Å². The van der Waals surface area contributed by atoms with E-state index in [9.17, 15) is 4.79 Å². The van der Waals surface area contributed by atoms with Crippen LogP contribution < -0.4 is 51.4 Å². The summed E-state index contributed by atoms with van der Waals surface area (Å²) in [5.41, 5.74) is 6.61. The molecule has 0 aliphatic rings. The van der Waals surface area contributed by atoms with Crippen molar-refractivity contribution in [1.29, 1.82) is 0 Å². The molecule has 4 nitrogen and oxygen atoms in total. The smallest absolute Gasteiger partial charge is 0.662 e. The molecule has 1 heterocycles. The first-order valence-electron chi connectivity index (χ1n) is 2.45. The molecular formula is C5H3ClKN3O. The molecule has 1 aromatic heterocycles. The van der Waals surface area contributed by atoms with Gasteiger partial charge in [0.25, 0.3) is 0 Å². The third-order valence-electron chi connectivity index (χ3n) is 0.865. The summed E-state index contributed by atoms with van der Waals surface area (Å²) < 4.78 is 0. The van der Waals surface area contributed by atoms with Crippen molar-refractivity contribution in [3.63, 3.8) is 0 Å². The maximum Gasteiger partial charge on any atom is 1.00 e. The topological polar surface area (TPSA) is 66.7 Å². The number of hydrogen-bond acceptors (Lipinski definition) is 3. The molecule has 0 bridgehead atoms. The molecule has 0 saturated carbocycles. The largest absolute Gasteiger partial charge is 1.00 e. The Bertz CT molecular complexity index is 250. The fourth-order valence-corrected chi connectivity index (χ4v) is 0.538. The maximum atomic E-state index is 10.3. The zero-order valence-electron chi connectivity index (χ0n) is 5.84. The molecule has 1 rings (SSSR count). The van der Waals surface area contributed by atoms with E-state index >= 15 is 0 Å². The number of hydrogen-bond donors (Lipinski definition) is 0. The van der Waals surface area contributed by atoms with Crippen molar-refractivity contribution in [2.24, 2.45) is 0 Å². The van der Waals surface area contributed by atoms with Gasteiger partial charge in [-0.05, 0) is 12.1 Å². The molecule has 0 atom stereocenters. The van der Waals surface area contributed by atoms with Crippen molar-refractivity contribution >= 4 is 17.5 Å². The second kappa shape index (κ2) is 5.18. The van der Waals surface area contributed by atoms with Gasteiger partial charge in [0, 0.05) is 0 Å². The van der Waals surface area contributed by atoms with Gasteiger partial charge < -0.3 is 10.5 Å². The van der Waals surface area contributed by atoms with Crippen LogP contribution in [0.4, 0.5) is 0 Å². The Labute approximate surface area is 111 Å². The van der Waals surface area contributed by atoms with E-state index in [-0.39, 0.29) is 62.2 Å². The first-order chi connectivity index (χ1) is 4.70. The third kappa shape index (κ3) is 3.59. The Morgan fingerprint density at radius 1 is 1.45 bits per heavy atom. The Balaban J connectivity index is 0.000001000. The molecule has 1 aromatic rings. The van der Waals surface area contributed by atoms with Gasteiger partial charge in [0.2, 0.25) is 0 Å². The molecule has 11 heavy (non-hydrogen) atoms. The van der Waals surface area contributed by atoms with Gasteiger partial charge >= 0.3 is 51.4 Å². The van der Waals surface area contributed by atoms with Gasteiger partial charge in [0.1, 0.15) is 11.6 Å². The van der Waals surface area contributed by atoms with E-state index in [1.165, 1.54) is 12.1 Å². The Morgan fingerprint density at radius 3 is 2.45 bits per heavy atom. The average molecular weight is 196 g/mol. The minimum atomic E-state index is -0.857. The van der Waals surface area contributed by atoms with Gasteiger partial charge in [-0.1, -0.05) is 11.6 Å². The normalized spacial score (nSPS) is 8.45. The Morgan fingerprint density at radius 2 is 2.09 bits per heavy atom. The van der Waals surface area contributed by atoms with Crippen molar-refractivity contribution in [3.05, 3.63) is 28.7 Å². The number of amides is 1. The molecule has 0 spiro atoms. The number of rotatable bonds is 1. The van der Waals surface area contributed by atoms with Crippen molar-refractivity contribution in [2.45, 2.75) is 0 Å². The second-order valence-corrected chi connectivity index (χ2v) is 1.96. The van der Waals surface area contributed by atoms with Gasteiger partial charge in [0.05, 0.1) is 0 Å². The fourth-order valence-electron chi connectivity index (χ4n) is 0.437. The van der Waals surface area contributed by atoms with E-state index in [1.807, 2.05) is 0 Å². The molecular weight excluding hydrogens is 193 g/mol. The van der Waals surface area contributed by atoms with Crippen LogP contribution in [0.5, 0.6) is 0 Å². The van der Waals surface area contributed by atoms with Crippen LogP contribution in [-0.4, -0.2) is 16.1 Å². The average Bonchev–Trinajstić information content (AvgIpc) is 1.88. The molecule has 0 aliphatic heterocycles. The molecule has 0 aliphatic carbocycles. The van der Waals surface area contributed by atoms with Crippen LogP contribution >= 0.6 is 11.6 Å². The van der Waals surface area contributed by atoms with E-state index in [0.29, 0.717) is 0 Å². The summed E-state index contributed by atoms with van der Waals surface area (Å²) in [5, 5.41) is 6.95. The van der Waals surface area contributed by atoms with Crippen molar-refractivity contribution in [1.82, 2.24) is 10.2 Å². The second-order valence-electron chi connectivity index (χ2n) is 1.57. The van der Waals surface area contributed by atoms with Gasteiger partial charge in [-0.2, -0.15) is 0 Å². The summed E-state index contributed by atoms with van der Waals surface area (Å²) >= 11 is 5.37. The van der Waals surface area contributed by atoms with Crippen LogP contribution in [0.2, 0.25) is 5.15 Å². The van der Waals surface area contributed by atoms with Crippen LogP contribution in [0.3, 0.4) is 0 Å². The molecule has 0 saturated heterocycles. The van der Waals surface area contributed by atoms with Gasteiger partial charge in [0.15, 0.2) is 5.15 Å². The van der Waals surface area contributed by atoms with Gasteiger partial charge in [-0.25, -0.2) is 0 Å². The number of nitrogens with one attached hydrogen (secondary N) is 1. The van der Waals surface area contributed by atoms with Crippen molar-refractivity contribution < 1.29 is 56.2 Å². The maximum absolute atomic E-state index is 10.3. The Hall–Kier alpha value is 0.476. The van der Waals surface area contributed by atoms with Crippen molar-refractivity contribution in [2.75, 3.05) is 0 Å².